The van der Waals surface area contributed by atoms with E-state index in [-0.39, 0.29) is 12.1 Å². The second-order valence-corrected chi connectivity index (χ2v) is 9.70. The standard InChI is InChI=1S/C27H35N3O2/c1-27(2,3)32-26(31)29-25-15-17-30(19-23-8-5-4-6-9-23)20-24(25)18-22-13-11-21(12-14-22)10-7-16-28/h4-6,8-9,11-14,24-25H,7,10,15,17-20H2,1-3H3,(H,29,31)/t24-,25-/m1/s1. The SMILES string of the molecule is CC(C)(C)OC(=O)N[C@@H]1CCN(Cc2ccccc2)C[C@H]1Cc1ccc(CCC#N)cc1. The van der Waals surface area contributed by atoms with E-state index in [1.807, 2.05) is 26.8 Å². The van der Waals surface area contributed by atoms with Gasteiger partial charge in [0, 0.05) is 32.1 Å². The molecule has 1 fully saturated rings. The third-order valence-electron chi connectivity index (χ3n) is 5.82. The lowest BCUT2D eigenvalue weighted by atomic mass is 9.86. The monoisotopic (exact) mass is 433 g/mol. The summed E-state index contributed by atoms with van der Waals surface area (Å²) in [5, 5.41) is 11.9. The average molecular weight is 434 g/mol. The lowest BCUT2D eigenvalue weighted by Gasteiger charge is -2.39. The number of benzene rings is 2. The predicted octanol–water partition coefficient (Wildman–Crippen LogP) is 5.10. The van der Waals surface area contributed by atoms with Gasteiger partial charge in [-0.15, -0.1) is 0 Å². The van der Waals surface area contributed by atoms with Crippen LogP contribution in [0.5, 0.6) is 0 Å². The van der Waals surface area contributed by atoms with Crippen LogP contribution in [0.25, 0.3) is 0 Å². The number of aryl methyl sites for hydroxylation is 1. The number of alkyl carbamates (subject to hydrolysis) is 1. The molecule has 2 aromatic rings. The van der Waals surface area contributed by atoms with Gasteiger partial charge in [0.1, 0.15) is 5.60 Å². The van der Waals surface area contributed by atoms with Crippen LogP contribution < -0.4 is 5.32 Å². The van der Waals surface area contributed by atoms with E-state index in [2.05, 4.69) is 64.8 Å². The van der Waals surface area contributed by atoms with Crippen molar-refractivity contribution in [3.8, 4) is 6.07 Å². The number of hydrogen-bond acceptors (Lipinski definition) is 4. The van der Waals surface area contributed by atoms with Gasteiger partial charge in [0.15, 0.2) is 0 Å². The molecular formula is C27H35N3O2. The Morgan fingerprint density at radius 2 is 1.78 bits per heavy atom. The Bertz CT molecular complexity index is 897. The average Bonchev–Trinajstić information content (AvgIpc) is 2.74. The van der Waals surface area contributed by atoms with Crippen molar-refractivity contribution >= 4 is 6.09 Å². The van der Waals surface area contributed by atoms with E-state index in [0.717, 1.165) is 38.9 Å². The molecule has 1 saturated heterocycles. The van der Waals surface area contributed by atoms with Crippen molar-refractivity contribution < 1.29 is 9.53 Å². The van der Waals surface area contributed by atoms with Crippen LogP contribution in [0.2, 0.25) is 0 Å². The van der Waals surface area contributed by atoms with Gasteiger partial charge in [-0.2, -0.15) is 5.26 Å². The number of hydrogen-bond donors (Lipinski definition) is 1. The summed E-state index contributed by atoms with van der Waals surface area (Å²) in [6, 6.07) is 21.4. The van der Waals surface area contributed by atoms with Gasteiger partial charge in [0.25, 0.3) is 0 Å². The molecule has 0 aromatic heterocycles. The summed E-state index contributed by atoms with van der Waals surface area (Å²) in [6.07, 6.45) is 2.78. The highest BCUT2D eigenvalue weighted by Gasteiger charge is 2.31. The number of ether oxygens (including phenoxy) is 1. The molecule has 3 rings (SSSR count). The molecule has 32 heavy (non-hydrogen) atoms. The molecule has 0 saturated carbocycles. The molecule has 1 aliphatic heterocycles. The molecule has 5 heteroatoms. The fourth-order valence-electron chi connectivity index (χ4n) is 4.29. The molecule has 5 nitrogen and oxygen atoms in total. The Labute approximate surface area is 192 Å². The first-order chi connectivity index (χ1) is 15.3. The quantitative estimate of drug-likeness (QED) is 0.660. The van der Waals surface area contributed by atoms with Gasteiger partial charge in [-0.05, 0) is 62.6 Å². The molecule has 2 atom stereocenters. The zero-order valence-electron chi connectivity index (χ0n) is 19.5. The van der Waals surface area contributed by atoms with Gasteiger partial charge < -0.3 is 10.1 Å². The van der Waals surface area contributed by atoms with Crippen molar-refractivity contribution in [3.63, 3.8) is 0 Å². The number of likely N-dealkylation sites (tertiary alicyclic amines) is 1. The van der Waals surface area contributed by atoms with Gasteiger partial charge >= 0.3 is 6.09 Å². The van der Waals surface area contributed by atoms with Crippen LogP contribution in [-0.4, -0.2) is 35.7 Å². The first-order valence-corrected chi connectivity index (χ1v) is 11.5. The second-order valence-electron chi connectivity index (χ2n) is 9.70. The molecule has 0 bridgehead atoms. The normalized spacial score (nSPS) is 19.2. The molecule has 0 unspecified atom stereocenters. The Kier molecular flexibility index (Phi) is 8.30. The van der Waals surface area contributed by atoms with Crippen molar-refractivity contribution in [2.75, 3.05) is 13.1 Å². The molecule has 170 valence electrons. The molecule has 0 spiro atoms. The van der Waals surface area contributed by atoms with Crippen LogP contribution in [-0.2, 0) is 24.1 Å². The zero-order valence-corrected chi connectivity index (χ0v) is 19.5. The lowest BCUT2D eigenvalue weighted by Crippen LogP contribution is -2.52. The van der Waals surface area contributed by atoms with Crippen LogP contribution in [0.15, 0.2) is 54.6 Å². The first kappa shape index (κ1) is 23.8. The minimum atomic E-state index is -0.507. The molecule has 1 aliphatic rings. The van der Waals surface area contributed by atoms with Crippen LogP contribution >= 0.6 is 0 Å². The van der Waals surface area contributed by atoms with Crippen molar-refractivity contribution in [2.45, 2.75) is 64.6 Å². The third kappa shape index (κ3) is 7.69. The van der Waals surface area contributed by atoms with E-state index in [1.165, 1.54) is 16.7 Å². The lowest BCUT2D eigenvalue weighted by molar-refractivity contribution is 0.0430. The topological polar surface area (TPSA) is 65.4 Å². The molecule has 0 radical (unpaired) electrons. The number of carbonyl (C=O) groups excluding carboxylic acids is 1. The number of nitrogens with one attached hydrogen (secondary N) is 1. The van der Waals surface area contributed by atoms with Crippen molar-refractivity contribution in [2.24, 2.45) is 5.92 Å². The summed E-state index contributed by atoms with van der Waals surface area (Å²) < 4.78 is 5.52. The maximum absolute atomic E-state index is 12.5. The fraction of sp³-hybridized carbons (Fsp3) is 0.481. The van der Waals surface area contributed by atoms with E-state index in [1.54, 1.807) is 0 Å². The smallest absolute Gasteiger partial charge is 0.407 e. The molecule has 1 heterocycles. The van der Waals surface area contributed by atoms with Crippen molar-refractivity contribution in [1.29, 1.82) is 5.26 Å². The maximum atomic E-state index is 12.5. The van der Waals surface area contributed by atoms with E-state index in [9.17, 15) is 4.79 Å². The van der Waals surface area contributed by atoms with Crippen LogP contribution in [0.1, 0.15) is 50.3 Å². The van der Waals surface area contributed by atoms with Gasteiger partial charge in [-0.1, -0.05) is 54.6 Å². The van der Waals surface area contributed by atoms with E-state index >= 15 is 0 Å². The Hall–Kier alpha value is -2.84. The molecule has 2 aromatic carbocycles. The van der Waals surface area contributed by atoms with Crippen molar-refractivity contribution in [3.05, 3.63) is 71.3 Å². The maximum Gasteiger partial charge on any atom is 0.407 e. The summed E-state index contributed by atoms with van der Waals surface area (Å²) in [7, 11) is 0. The minimum Gasteiger partial charge on any atom is -0.444 e. The summed E-state index contributed by atoms with van der Waals surface area (Å²) in [5.41, 5.74) is 3.25. The summed E-state index contributed by atoms with van der Waals surface area (Å²) in [6.45, 7) is 8.45. The Morgan fingerprint density at radius 3 is 2.44 bits per heavy atom. The van der Waals surface area contributed by atoms with Gasteiger partial charge in [-0.25, -0.2) is 4.79 Å². The van der Waals surface area contributed by atoms with E-state index in [4.69, 9.17) is 10.00 Å². The number of piperidine rings is 1. The van der Waals surface area contributed by atoms with E-state index in [0.29, 0.717) is 12.3 Å². The Balaban J connectivity index is 1.68. The largest absolute Gasteiger partial charge is 0.444 e. The van der Waals surface area contributed by atoms with Gasteiger partial charge in [-0.3, -0.25) is 4.90 Å². The van der Waals surface area contributed by atoms with Crippen LogP contribution in [0.3, 0.4) is 0 Å². The summed E-state index contributed by atoms with van der Waals surface area (Å²) >= 11 is 0. The number of carbonyl (C=O) groups is 1. The minimum absolute atomic E-state index is 0.0788. The number of nitrogens with zero attached hydrogens (tertiary/aromatic N) is 2. The van der Waals surface area contributed by atoms with Crippen LogP contribution in [0, 0.1) is 17.2 Å². The number of nitriles is 1. The fourth-order valence-corrected chi connectivity index (χ4v) is 4.29. The zero-order chi connectivity index (χ0) is 23.0. The predicted molar refractivity (Wildman–Crippen MR) is 127 cm³/mol. The highest BCUT2D eigenvalue weighted by Crippen LogP contribution is 2.24. The molecule has 1 amide bonds. The summed E-state index contributed by atoms with van der Waals surface area (Å²) in [5.74, 6) is 0.296. The summed E-state index contributed by atoms with van der Waals surface area (Å²) in [4.78, 5) is 14.9. The Morgan fingerprint density at radius 1 is 1.09 bits per heavy atom. The van der Waals surface area contributed by atoms with Gasteiger partial charge in [0.2, 0.25) is 0 Å². The van der Waals surface area contributed by atoms with E-state index < -0.39 is 5.60 Å². The highest BCUT2D eigenvalue weighted by atomic mass is 16.6. The number of amides is 1. The molecule has 1 N–H and O–H groups in total. The van der Waals surface area contributed by atoms with Gasteiger partial charge in [0.05, 0.1) is 6.07 Å². The van der Waals surface area contributed by atoms with Crippen molar-refractivity contribution in [1.82, 2.24) is 10.2 Å². The van der Waals surface area contributed by atoms with Crippen LogP contribution in [0.4, 0.5) is 4.79 Å². The molecule has 0 aliphatic carbocycles. The molecular weight excluding hydrogens is 398 g/mol. The first-order valence-electron chi connectivity index (χ1n) is 11.5. The third-order valence-corrected chi connectivity index (χ3v) is 5.82. The highest BCUT2D eigenvalue weighted by molar-refractivity contribution is 5.68. The second kappa shape index (κ2) is 11.2. The number of rotatable bonds is 7.